The zero-order valence-electron chi connectivity index (χ0n) is 22.5. The summed E-state index contributed by atoms with van der Waals surface area (Å²) in [6.45, 7) is 10.8. The average Bonchev–Trinajstić information content (AvgIpc) is 3.37. The first-order chi connectivity index (χ1) is 19.1. The lowest BCUT2D eigenvalue weighted by Crippen LogP contribution is -2.23. The predicted molar refractivity (Wildman–Crippen MR) is 155 cm³/mol. The quantitative estimate of drug-likeness (QED) is 0.183. The van der Waals surface area contributed by atoms with Gasteiger partial charge in [-0.15, -0.1) is 0 Å². The second-order valence-electron chi connectivity index (χ2n) is 9.00. The lowest BCUT2D eigenvalue weighted by atomic mass is 10.1. The number of ether oxygens (including phenoxy) is 1. The normalized spacial score (nSPS) is 11.7. The van der Waals surface area contributed by atoms with Gasteiger partial charge in [0.2, 0.25) is 5.43 Å². The lowest BCUT2D eigenvalue weighted by molar-refractivity contribution is 0.0951. The maximum absolute atomic E-state index is 14.0. The standard InChI is InChI=1S/C29H29FN4O5S/c1-6-24(35)20-15-34(23-14-21(29(37)31-7-2)32-26(23)27(20)36)22-13-19(33-40(38)8-3)9-10-25(22)39-28-16(4)11-18(30)12-17(28)5/h6,9-15,32-33H,1,7-8H2,2-5H3,(H,31,37). The van der Waals surface area contributed by atoms with Gasteiger partial charge in [0.1, 0.15) is 33.8 Å². The van der Waals surface area contributed by atoms with Gasteiger partial charge in [0.05, 0.1) is 16.8 Å². The summed E-state index contributed by atoms with van der Waals surface area (Å²) in [5, 5.41) is 2.68. The fraction of sp³-hybridized carbons (Fsp3) is 0.207. The Morgan fingerprint density at radius 1 is 1.15 bits per heavy atom. The third kappa shape index (κ3) is 5.59. The molecule has 0 saturated carbocycles. The maximum atomic E-state index is 14.0. The van der Waals surface area contributed by atoms with Crippen LogP contribution in [0.5, 0.6) is 11.5 Å². The molecular formula is C29H29FN4O5S. The fourth-order valence-corrected chi connectivity index (χ4v) is 4.82. The van der Waals surface area contributed by atoms with E-state index >= 15 is 0 Å². The van der Waals surface area contributed by atoms with Crippen molar-refractivity contribution in [1.29, 1.82) is 0 Å². The Morgan fingerprint density at radius 2 is 1.85 bits per heavy atom. The summed E-state index contributed by atoms with van der Waals surface area (Å²) in [4.78, 5) is 41.5. The van der Waals surface area contributed by atoms with E-state index in [0.29, 0.717) is 51.8 Å². The first-order valence-corrected chi connectivity index (χ1v) is 13.9. The number of ketones is 1. The molecule has 0 radical (unpaired) electrons. The number of amides is 1. The van der Waals surface area contributed by atoms with E-state index in [1.165, 1.54) is 24.4 Å². The van der Waals surface area contributed by atoms with Crippen molar-refractivity contribution in [2.75, 3.05) is 17.0 Å². The smallest absolute Gasteiger partial charge is 0.267 e. The summed E-state index contributed by atoms with van der Waals surface area (Å²) < 4.78 is 37.0. The number of benzene rings is 2. The van der Waals surface area contributed by atoms with E-state index in [2.05, 4.69) is 21.6 Å². The number of aromatic amines is 1. The van der Waals surface area contributed by atoms with E-state index in [9.17, 15) is 23.0 Å². The van der Waals surface area contributed by atoms with E-state index < -0.39 is 33.9 Å². The van der Waals surface area contributed by atoms with E-state index in [1.807, 2.05) is 0 Å². The summed E-state index contributed by atoms with van der Waals surface area (Å²) in [6, 6.07) is 9.18. The van der Waals surface area contributed by atoms with Crippen molar-refractivity contribution in [1.82, 2.24) is 14.9 Å². The van der Waals surface area contributed by atoms with Crippen LogP contribution in [0.3, 0.4) is 0 Å². The molecule has 0 aliphatic heterocycles. The Morgan fingerprint density at radius 3 is 2.48 bits per heavy atom. The highest BCUT2D eigenvalue weighted by Crippen LogP contribution is 2.36. The van der Waals surface area contributed by atoms with Crippen LogP contribution in [-0.4, -0.2) is 37.7 Å². The topological polar surface area (TPSA) is 122 Å². The number of halogens is 1. The minimum absolute atomic E-state index is 0.0320. The lowest BCUT2D eigenvalue weighted by Gasteiger charge is -2.19. The van der Waals surface area contributed by atoms with Crippen molar-refractivity contribution in [2.45, 2.75) is 27.7 Å². The van der Waals surface area contributed by atoms with Gasteiger partial charge >= 0.3 is 0 Å². The van der Waals surface area contributed by atoms with Crippen LogP contribution >= 0.6 is 0 Å². The predicted octanol–water partition coefficient (Wildman–Crippen LogP) is 5.08. The summed E-state index contributed by atoms with van der Waals surface area (Å²) in [6.07, 6.45) is 2.39. The second kappa shape index (κ2) is 11.7. The van der Waals surface area contributed by atoms with E-state index in [0.717, 1.165) is 6.08 Å². The van der Waals surface area contributed by atoms with Crippen molar-refractivity contribution >= 4 is 39.4 Å². The molecule has 3 N–H and O–H groups in total. The largest absolute Gasteiger partial charge is 0.455 e. The molecule has 4 rings (SSSR count). The number of fused-ring (bicyclic) bond motifs is 1. The summed E-state index contributed by atoms with van der Waals surface area (Å²) in [5.74, 6) is -0.349. The van der Waals surface area contributed by atoms with E-state index in [1.54, 1.807) is 50.5 Å². The van der Waals surface area contributed by atoms with Crippen molar-refractivity contribution < 1.29 is 22.9 Å². The molecule has 2 heterocycles. The van der Waals surface area contributed by atoms with Crippen LogP contribution in [0, 0.1) is 19.7 Å². The number of nitrogens with one attached hydrogen (secondary N) is 3. The Bertz CT molecular complexity index is 1720. The molecule has 1 atom stereocenters. The minimum Gasteiger partial charge on any atom is -0.455 e. The van der Waals surface area contributed by atoms with Crippen LogP contribution in [0.25, 0.3) is 16.7 Å². The molecule has 0 fully saturated rings. The SMILES string of the molecule is C=CC(=O)c1cn(-c2cc(NS(=O)CC)ccc2Oc2c(C)cc(F)cc2C)c2cc(C(=O)NCC)[nH]c2c1=O. The summed E-state index contributed by atoms with van der Waals surface area (Å²) in [5.41, 5.74) is 1.66. The summed E-state index contributed by atoms with van der Waals surface area (Å²) >= 11 is 0. The first-order valence-electron chi connectivity index (χ1n) is 12.5. The second-order valence-corrected chi connectivity index (χ2v) is 10.5. The molecule has 0 spiro atoms. The maximum Gasteiger partial charge on any atom is 0.267 e. The van der Waals surface area contributed by atoms with Crippen LogP contribution in [-0.2, 0) is 11.0 Å². The molecule has 0 bridgehead atoms. The average molecular weight is 565 g/mol. The molecule has 2 aromatic carbocycles. The molecule has 4 aromatic rings. The number of nitrogens with zero attached hydrogens (tertiary/aromatic N) is 1. The molecular weight excluding hydrogens is 535 g/mol. The summed E-state index contributed by atoms with van der Waals surface area (Å²) in [7, 11) is -1.36. The number of aromatic nitrogens is 2. The number of hydrogen-bond acceptors (Lipinski definition) is 5. The number of carbonyl (C=O) groups is 2. The monoisotopic (exact) mass is 564 g/mol. The number of carbonyl (C=O) groups excluding carboxylic acids is 2. The molecule has 0 saturated heterocycles. The van der Waals surface area contributed by atoms with Crippen LogP contribution < -0.4 is 20.2 Å². The van der Waals surface area contributed by atoms with E-state index in [4.69, 9.17) is 4.74 Å². The molecule has 9 nitrogen and oxygen atoms in total. The first kappa shape index (κ1) is 28.5. The number of allylic oxidation sites excluding steroid dienone is 1. The van der Waals surface area contributed by atoms with Crippen LogP contribution in [0.4, 0.5) is 10.1 Å². The zero-order valence-corrected chi connectivity index (χ0v) is 23.3. The molecule has 0 aliphatic carbocycles. The highest BCUT2D eigenvalue weighted by molar-refractivity contribution is 7.86. The Hall–Kier alpha value is -4.51. The molecule has 208 valence electrons. The van der Waals surface area contributed by atoms with Gasteiger partial charge in [-0.3, -0.25) is 14.4 Å². The Labute approximate surface area is 232 Å². The third-order valence-electron chi connectivity index (χ3n) is 6.17. The van der Waals surface area contributed by atoms with Crippen LogP contribution in [0.15, 0.2) is 60.0 Å². The van der Waals surface area contributed by atoms with Gasteiger partial charge in [-0.05, 0) is 74.4 Å². The highest BCUT2D eigenvalue weighted by Gasteiger charge is 2.22. The Kier molecular flexibility index (Phi) is 8.34. The molecule has 0 aliphatic rings. The van der Waals surface area contributed by atoms with Gasteiger partial charge < -0.3 is 24.3 Å². The minimum atomic E-state index is -1.36. The van der Waals surface area contributed by atoms with Gasteiger partial charge in [0, 0.05) is 24.2 Å². The van der Waals surface area contributed by atoms with Crippen LogP contribution in [0.2, 0.25) is 0 Å². The molecule has 2 aromatic heterocycles. The number of pyridine rings is 1. The van der Waals surface area contributed by atoms with Gasteiger partial charge in [0.25, 0.3) is 5.91 Å². The number of hydrogen-bond donors (Lipinski definition) is 3. The molecule has 1 amide bonds. The molecule has 40 heavy (non-hydrogen) atoms. The molecule has 1 unspecified atom stereocenters. The van der Waals surface area contributed by atoms with E-state index in [-0.39, 0.29) is 16.8 Å². The van der Waals surface area contributed by atoms with Crippen molar-refractivity contribution in [3.63, 3.8) is 0 Å². The number of rotatable bonds is 10. The van der Waals surface area contributed by atoms with Crippen molar-refractivity contribution in [2.24, 2.45) is 0 Å². The van der Waals surface area contributed by atoms with Gasteiger partial charge in [0.15, 0.2) is 11.5 Å². The fourth-order valence-electron chi connectivity index (χ4n) is 4.29. The third-order valence-corrected chi connectivity index (χ3v) is 7.16. The van der Waals surface area contributed by atoms with Crippen LogP contribution in [0.1, 0.15) is 45.8 Å². The van der Waals surface area contributed by atoms with Gasteiger partial charge in [-0.2, -0.15) is 0 Å². The molecule has 11 heteroatoms. The number of anilines is 1. The van der Waals surface area contributed by atoms with Crippen molar-refractivity contribution in [3.8, 4) is 17.2 Å². The highest BCUT2D eigenvalue weighted by atomic mass is 32.2. The van der Waals surface area contributed by atoms with Crippen molar-refractivity contribution in [3.05, 3.63) is 93.7 Å². The Balaban J connectivity index is 2.04. The number of H-pyrrole nitrogens is 1. The van der Waals surface area contributed by atoms with Gasteiger partial charge in [-0.1, -0.05) is 13.5 Å². The zero-order chi connectivity index (χ0) is 29.1. The van der Waals surface area contributed by atoms with Gasteiger partial charge in [-0.25, -0.2) is 8.60 Å². The number of aryl methyl sites for hydroxylation is 2.